The van der Waals surface area contributed by atoms with Gasteiger partial charge in [0.15, 0.2) is 0 Å². The molecule has 0 aromatic heterocycles. The maximum Gasteiger partial charge on any atom is 0.142 e. The predicted molar refractivity (Wildman–Crippen MR) is 73.6 cm³/mol. The number of nitrogens with zero attached hydrogens (tertiary/aromatic N) is 1. The Bertz CT molecular complexity index is 488. The zero-order chi connectivity index (χ0) is 12.6. The highest BCUT2D eigenvalue weighted by molar-refractivity contribution is 5.79. The average molecular weight is 238 g/mol. The molecule has 18 heavy (non-hydrogen) atoms. The van der Waals surface area contributed by atoms with Crippen LogP contribution in [0.25, 0.3) is 0 Å². The summed E-state index contributed by atoms with van der Waals surface area (Å²) in [5, 5.41) is 3.84. The third-order valence-electron chi connectivity index (χ3n) is 2.68. The van der Waals surface area contributed by atoms with Crippen LogP contribution in [0, 0.1) is 0 Å². The van der Waals surface area contributed by atoms with E-state index in [4.69, 9.17) is 4.84 Å². The molecule has 0 saturated heterocycles. The second-order valence-electron chi connectivity index (χ2n) is 4.01. The summed E-state index contributed by atoms with van der Waals surface area (Å²) >= 11 is 0. The normalized spacial score (nSPS) is 10.7. The van der Waals surface area contributed by atoms with Crippen molar-refractivity contribution in [2.75, 3.05) is 0 Å². The fraction of sp³-hybridized carbons (Fsp3) is 0.188. The van der Waals surface area contributed by atoms with Crippen LogP contribution >= 0.6 is 0 Å². The summed E-state index contributed by atoms with van der Waals surface area (Å²) in [6.07, 6.45) is 3.91. The van der Waals surface area contributed by atoms with E-state index in [1.807, 2.05) is 42.5 Å². The molecule has 0 aliphatic rings. The highest BCUT2D eigenvalue weighted by Crippen LogP contribution is 2.04. The minimum absolute atomic E-state index is 0.473. The minimum Gasteiger partial charge on any atom is -0.390 e. The van der Waals surface area contributed by atoms with Crippen LogP contribution in [0.3, 0.4) is 0 Å². The maximum absolute atomic E-state index is 5.19. The van der Waals surface area contributed by atoms with Gasteiger partial charge in [0.25, 0.3) is 0 Å². The Balaban J connectivity index is 1.84. The van der Waals surface area contributed by atoms with Gasteiger partial charge in [0, 0.05) is 5.56 Å². The quantitative estimate of drug-likeness (QED) is 0.575. The number of aryl methyl sites for hydroxylation is 1. The van der Waals surface area contributed by atoms with Crippen LogP contribution in [-0.2, 0) is 17.9 Å². The average Bonchev–Trinajstić information content (AvgIpc) is 2.45. The summed E-state index contributed by atoms with van der Waals surface area (Å²) in [5.74, 6) is 0. The third kappa shape index (κ3) is 3.74. The van der Waals surface area contributed by atoms with Crippen molar-refractivity contribution in [2.24, 2.45) is 5.16 Å². The molecule has 2 heteroatoms. The second kappa shape index (κ2) is 6.60. The molecule has 2 aromatic rings. The van der Waals surface area contributed by atoms with E-state index in [-0.39, 0.29) is 0 Å². The summed E-state index contributed by atoms with van der Waals surface area (Å²) in [5.41, 5.74) is 3.34. The van der Waals surface area contributed by atoms with Gasteiger partial charge < -0.3 is 4.84 Å². The van der Waals surface area contributed by atoms with E-state index in [0.717, 1.165) is 17.5 Å². The lowest BCUT2D eigenvalue weighted by molar-refractivity contribution is 0.132. The van der Waals surface area contributed by atoms with Crippen LogP contribution in [0.5, 0.6) is 0 Å². The van der Waals surface area contributed by atoms with E-state index in [1.165, 1.54) is 5.56 Å². The van der Waals surface area contributed by atoms with E-state index in [1.54, 1.807) is 0 Å². The van der Waals surface area contributed by atoms with Gasteiger partial charge in [-0.25, -0.2) is 0 Å². The van der Waals surface area contributed by atoms with Gasteiger partial charge in [-0.1, -0.05) is 66.7 Å². The Kier molecular flexibility index (Phi) is 4.53. The summed E-state index contributed by atoms with van der Waals surface area (Å²) in [6, 6.07) is 18.1. The van der Waals surface area contributed by atoms with Crippen molar-refractivity contribution in [1.29, 1.82) is 0 Å². The number of rotatable bonds is 5. The zero-order valence-electron chi connectivity index (χ0n) is 10.5. The monoisotopic (exact) mass is 238 g/mol. The van der Waals surface area contributed by atoms with Gasteiger partial charge in [-0.2, -0.15) is 0 Å². The number of benzene rings is 2. The van der Waals surface area contributed by atoms with Crippen LogP contribution in [0.2, 0.25) is 0 Å². The fourth-order valence-corrected chi connectivity index (χ4v) is 1.58. The van der Waals surface area contributed by atoms with Crippen molar-refractivity contribution in [2.45, 2.75) is 20.0 Å². The molecule has 91 valence electrons. The molecule has 2 nitrogen and oxygen atoms in total. The minimum atomic E-state index is 0.473. The van der Waals surface area contributed by atoms with Crippen LogP contribution in [-0.4, -0.2) is 6.21 Å². The topological polar surface area (TPSA) is 21.6 Å². The van der Waals surface area contributed by atoms with Crippen molar-refractivity contribution in [3.8, 4) is 0 Å². The molecule has 0 saturated carbocycles. The van der Waals surface area contributed by atoms with Gasteiger partial charge in [-0.15, -0.1) is 0 Å². The van der Waals surface area contributed by atoms with Gasteiger partial charge in [0.1, 0.15) is 12.8 Å². The fourth-order valence-electron chi connectivity index (χ4n) is 1.58. The van der Waals surface area contributed by atoms with Crippen molar-refractivity contribution in [3.05, 3.63) is 71.3 Å². The largest absolute Gasteiger partial charge is 0.390 e. The molecule has 0 heterocycles. The van der Waals surface area contributed by atoms with Gasteiger partial charge >= 0.3 is 0 Å². The van der Waals surface area contributed by atoms with Gasteiger partial charge in [-0.05, 0) is 17.5 Å². The van der Waals surface area contributed by atoms with Crippen molar-refractivity contribution in [1.82, 2.24) is 0 Å². The Morgan fingerprint density at radius 2 is 1.67 bits per heavy atom. The Morgan fingerprint density at radius 3 is 2.33 bits per heavy atom. The predicted octanol–water partition coefficient (Wildman–Crippen LogP) is 3.68. The highest BCUT2D eigenvalue weighted by Gasteiger charge is 1.92. The first-order valence-electron chi connectivity index (χ1n) is 6.09. The second-order valence-corrected chi connectivity index (χ2v) is 4.01. The smallest absolute Gasteiger partial charge is 0.142 e. The summed E-state index contributed by atoms with van der Waals surface area (Å²) < 4.78 is 0. The van der Waals surface area contributed by atoms with E-state index >= 15 is 0 Å². The molecule has 2 rings (SSSR count). The molecule has 0 amide bonds. The van der Waals surface area contributed by atoms with Crippen LogP contribution in [0.15, 0.2) is 59.8 Å². The first-order valence-corrected chi connectivity index (χ1v) is 6.09. The van der Waals surface area contributed by atoms with E-state index in [9.17, 15) is 0 Å². The van der Waals surface area contributed by atoms with Gasteiger partial charge in [-0.3, -0.25) is 0 Å². The van der Waals surface area contributed by atoms with Gasteiger partial charge in [0.05, 0.1) is 0 Å². The molecule has 0 spiro atoms. The zero-order valence-corrected chi connectivity index (χ0v) is 10.5. The molecule has 0 unspecified atom stereocenters. The molecule has 0 aliphatic heterocycles. The molecule has 2 aromatic carbocycles. The van der Waals surface area contributed by atoms with E-state index in [0.29, 0.717) is 6.61 Å². The Labute approximate surface area is 108 Å². The molecule has 0 atom stereocenters. The van der Waals surface area contributed by atoms with Crippen LogP contribution in [0.1, 0.15) is 23.6 Å². The lowest BCUT2D eigenvalue weighted by atomic mass is 10.1. The lowest BCUT2D eigenvalue weighted by Gasteiger charge is -1.99. The third-order valence-corrected chi connectivity index (χ3v) is 2.68. The maximum atomic E-state index is 5.19. The molecular formula is C16H16NO. The standard InChI is InChI=1S/C16H16NO/c1-2-14-8-10-15(11-9-14)12-17-18-13-16-6-4-3-5-7-16/h3-11H,2,13H2,1H3. The van der Waals surface area contributed by atoms with E-state index < -0.39 is 0 Å². The van der Waals surface area contributed by atoms with Crippen LogP contribution in [0.4, 0.5) is 0 Å². The molecule has 0 aliphatic carbocycles. The molecule has 1 radical (unpaired) electrons. The number of hydrogen-bond donors (Lipinski definition) is 0. The number of hydrogen-bond acceptors (Lipinski definition) is 2. The Morgan fingerprint density at radius 1 is 0.944 bits per heavy atom. The molecular weight excluding hydrogens is 222 g/mol. The van der Waals surface area contributed by atoms with Crippen molar-refractivity contribution in [3.63, 3.8) is 0 Å². The van der Waals surface area contributed by atoms with E-state index in [2.05, 4.69) is 30.4 Å². The molecule has 0 fully saturated rings. The Hall–Kier alpha value is -2.09. The molecule has 0 bridgehead atoms. The van der Waals surface area contributed by atoms with Crippen molar-refractivity contribution < 1.29 is 4.84 Å². The molecule has 0 N–H and O–H groups in total. The highest BCUT2D eigenvalue weighted by atomic mass is 16.6. The summed E-state index contributed by atoms with van der Waals surface area (Å²) in [7, 11) is 0. The lowest BCUT2D eigenvalue weighted by Crippen LogP contribution is -1.88. The van der Waals surface area contributed by atoms with Crippen LogP contribution < -0.4 is 0 Å². The summed E-state index contributed by atoms with van der Waals surface area (Å²) in [6.45, 7) is 2.61. The first kappa shape index (κ1) is 12.4. The first-order chi connectivity index (χ1) is 8.88. The van der Waals surface area contributed by atoms with Crippen molar-refractivity contribution >= 4 is 6.21 Å². The summed E-state index contributed by atoms with van der Waals surface area (Å²) in [4.78, 5) is 5.19. The SMILES string of the molecule is CCc1ccc(/[C]=N\OCc2ccccc2)cc1. The van der Waals surface area contributed by atoms with Gasteiger partial charge in [0.2, 0.25) is 0 Å².